The third-order valence-electron chi connectivity index (χ3n) is 2.34. The first-order valence-corrected chi connectivity index (χ1v) is 5.67. The van der Waals surface area contributed by atoms with Crippen LogP contribution in [0.5, 0.6) is 0 Å². The number of ketones is 1. The maximum Gasteiger partial charge on any atom is 0.159 e. The lowest BCUT2D eigenvalue weighted by Crippen LogP contribution is -2.30. The second-order valence-corrected chi connectivity index (χ2v) is 4.39. The number of rotatable bonds is 2. The van der Waals surface area contributed by atoms with Crippen molar-refractivity contribution in [3.05, 3.63) is 52.7 Å². The Hall–Kier alpha value is -1.39. The van der Waals surface area contributed by atoms with Crippen LogP contribution in [-0.2, 0) is 4.79 Å². The SMILES string of the molecule is NN(C1=CCC(=O)C=C1)c1ccc(Br)cc1. The van der Waals surface area contributed by atoms with Gasteiger partial charge in [-0.1, -0.05) is 22.0 Å². The van der Waals surface area contributed by atoms with Crippen molar-refractivity contribution >= 4 is 27.4 Å². The van der Waals surface area contributed by atoms with Crippen LogP contribution in [0.25, 0.3) is 0 Å². The third kappa shape index (κ3) is 2.40. The minimum Gasteiger partial charge on any atom is -0.295 e. The van der Waals surface area contributed by atoms with Gasteiger partial charge in [-0.05, 0) is 36.4 Å². The zero-order valence-electron chi connectivity index (χ0n) is 8.56. The van der Waals surface area contributed by atoms with Crippen LogP contribution in [0.4, 0.5) is 5.69 Å². The summed E-state index contributed by atoms with van der Waals surface area (Å²) in [5.41, 5.74) is 1.72. The van der Waals surface area contributed by atoms with Crippen LogP contribution in [0.1, 0.15) is 6.42 Å². The topological polar surface area (TPSA) is 46.3 Å². The molecule has 1 aromatic carbocycles. The summed E-state index contributed by atoms with van der Waals surface area (Å²) in [7, 11) is 0. The van der Waals surface area contributed by atoms with Gasteiger partial charge in [0.15, 0.2) is 5.78 Å². The van der Waals surface area contributed by atoms with Crippen molar-refractivity contribution in [1.29, 1.82) is 0 Å². The van der Waals surface area contributed by atoms with Gasteiger partial charge in [0.25, 0.3) is 0 Å². The van der Waals surface area contributed by atoms with E-state index < -0.39 is 0 Å². The number of carbonyl (C=O) groups is 1. The lowest BCUT2D eigenvalue weighted by molar-refractivity contribution is -0.113. The summed E-state index contributed by atoms with van der Waals surface area (Å²) in [4.78, 5) is 11.0. The summed E-state index contributed by atoms with van der Waals surface area (Å²) in [6, 6.07) is 7.67. The molecule has 0 unspecified atom stereocenters. The lowest BCUT2D eigenvalue weighted by atomic mass is 10.1. The molecule has 1 aliphatic rings. The molecule has 0 fully saturated rings. The highest BCUT2D eigenvalue weighted by Gasteiger charge is 2.09. The van der Waals surface area contributed by atoms with E-state index >= 15 is 0 Å². The number of hydrogen-bond acceptors (Lipinski definition) is 3. The molecule has 0 spiro atoms. The molecule has 0 heterocycles. The van der Waals surface area contributed by atoms with Crippen molar-refractivity contribution in [2.75, 3.05) is 5.01 Å². The average molecular weight is 279 g/mol. The second kappa shape index (κ2) is 4.63. The van der Waals surface area contributed by atoms with E-state index in [2.05, 4.69) is 15.9 Å². The fourth-order valence-corrected chi connectivity index (χ4v) is 1.71. The number of hydrogen-bond donors (Lipinski definition) is 1. The Labute approximate surface area is 102 Å². The van der Waals surface area contributed by atoms with Crippen molar-refractivity contribution in [3.63, 3.8) is 0 Å². The molecular weight excluding hydrogens is 268 g/mol. The van der Waals surface area contributed by atoms with Crippen LogP contribution in [0, 0.1) is 0 Å². The van der Waals surface area contributed by atoms with Crippen molar-refractivity contribution in [3.8, 4) is 0 Å². The Kier molecular flexibility index (Phi) is 3.22. The van der Waals surface area contributed by atoms with Gasteiger partial charge in [-0.15, -0.1) is 0 Å². The lowest BCUT2D eigenvalue weighted by Gasteiger charge is -2.21. The highest BCUT2D eigenvalue weighted by molar-refractivity contribution is 9.10. The Morgan fingerprint density at radius 2 is 1.88 bits per heavy atom. The molecule has 82 valence electrons. The minimum absolute atomic E-state index is 0.105. The number of carbonyl (C=O) groups excluding carboxylic acids is 1. The molecule has 0 saturated heterocycles. The summed E-state index contributed by atoms with van der Waals surface area (Å²) < 4.78 is 1.01. The zero-order chi connectivity index (χ0) is 11.5. The molecular formula is C12H11BrN2O. The summed E-state index contributed by atoms with van der Waals surface area (Å²) in [6.45, 7) is 0. The number of anilines is 1. The summed E-state index contributed by atoms with van der Waals surface area (Å²) in [5, 5.41) is 1.56. The van der Waals surface area contributed by atoms with Crippen molar-refractivity contribution in [2.24, 2.45) is 5.84 Å². The van der Waals surface area contributed by atoms with Gasteiger partial charge in [0.05, 0.1) is 11.4 Å². The number of allylic oxidation sites excluding steroid dienone is 3. The van der Waals surface area contributed by atoms with E-state index in [4.69, 9.17) is 5.84 Å². The van der Waals surface area contributed by atoms with E-state index in [1.54, 1.807) is 17.2 Å². The van der Waals surface area contributed by atoms with Crippen LogP contribution in [-0.4, -0.2) is 5.78 Å². The van der Waals surface area contributed by atoms with Crippen LogP contribution in [0.15, 0.2) is 52.7 Å². The smallest absolute Gasteiger partial charge is 0.159 e. The van der Waals surface area contributed by atoms with Gasteiger partial charge in [-0.3, -0.25) is 9.80 Å². The second-order valence-electron chi connectivity index (χ2n) is 3.48. The quantitative estimate of drug-likeness (QED) is 0.668. The van der Waals surface area contributed by atoms with Gasteiger partial charge in [0.1, 0.15) is 0 Å². The minimum atomic E-state index is 0.105. The standard InChI is InChI=1S/C12H11BrN2O/c13-9-1-3-10(4-2-9)15(14)11-5-7-12(16)8-6-11/h1-7H,8,14H2. The molecule has 4 heteroatoms. The molecule has 2 N–H and O–H groups in total. The predicted octanol–water partition coefficient (Wildman–Crippen LogP) is 2.54. The Bertz CT molecular complexity index is 462. The first kappa shape index (κ1) is 11.1. The molecule has 0 aromatic heterocycles. The molecule has 0 amide bonds. The fraction of sp³-hybridized carbons (Fsp3) is 0.0833. The number of nitrogens with two attached hydrogens (primary N) is 1. The van der Waals surface area contributed by atoms with Crippen molar-refractivity contribution < 1.29 is 4.79 Å². The molecule has 0 bridgehead atoms. The van der Waals surface area contributed by atoms with Crippen LogP contribution in [0.3, 0.4) is 0 Å². The van der Waals surface area contributed by atoms with Gasteiger partial charge in [0.2, 0.25) is 0 Å². The van der Waals surface area contributed by atoms with Gasteiger partial charge in [0, 0.05) is 10.9 Å². The van der Waals surface area contributed by atoms with Gasteiger partial charge >= 0.3 is 0 Å². The molecule has 16 heavy (non-hydrogen) atoms. The highest BCUT2D eigenvalue weighted by atomic mass is 79.9. The van der Waals surface area contributed by atoms with Crippen LogP contribution < -0.4 is 10.9 Å². The van der Waals surface area contributed by atoms with Crippen LogP contribution in [0.2, 0.25) is 0 Å². The first-order valence-electron chi connectivity index (χ1n) is 4.88. The van der Waals surface area contributed by atoms with Crippen LogP contribution >= 0.6 is 15.9 Å². The maximum absolute atomic E-state index is 11.0. The van der Waals surface area contributed by atoms with E-state index in [-0.39, 0.29) is 5.78 Å². The van der Waals surface area contributed by atoms with E-state index in [1.807, 2.05) is 30.3 Å². The van der Waals surface area contributed by atoms with Gasteiger partial charge < -0.3 is 0 Å². The molecule has 1 aliphatic carbocycles. The van der Waals surface area contributed by atoms with E-state index in [0.29, 0.717) is 6.42 Å². The van der Waals surface area contributed by atoms with E-state index in [0.717, 1.165) is 15.9 Å². The molecule has 3 nitrogen and oxygen atoms in total. The van der Waals surface area contributed by atoms with Gasteiger partial charge in [-0.25, -0.2) is 5.84 Å². The summed E-state index contributed by atoms with van der Waals surface area (Å²) >= 11 is 3.37. The molecule has 0 atom stereocenters. The summed E-state index contributed by atoms with van der Waals surface area (Å²) in [6.07, 6.45) is 5.52. The van der Waals surface area contributed by atoms with E-state index in [1.165, 1.54) is 0 Å². The molecule has 0 saturated carbocycles. The fourth-order valence-electron chi connectivity index (χ4n) is 1.45. The third-order valence-corrected chi connectivity index (χ3v) is 2.86. The highest BCUT2D eigenvalue weighted by Crippen LogP contribution is 2.21. The number of nitrogens with zero attached hydrogens (tertiary/aromatic N) is 1. The zero-order valence-corrected chi connectivity index (χ0v) is 10.1. The molecule has 0 radical (unpaired) electrons. The molecule has 0 aliphatic heterocycles. The average Bonchev–Trinajstić information content (AvgIpc) is 2.30. The van der Waals surface area contributed by atoms with Crippen molar-refractivity contribution in [1.82, 2.24) is 0 Å². The summed E-state index contributed by atoms with van der Waals surface area (Å²) in [5.74, 6) is 6.06. The Morgan fingerprint density at radius 3 is 2.44 bits per heavy atom. The number of benzene rings is 1. The Morgan fingerprint density at radius 1 is 1.19 bits per heavy atom. The van der Waals surface area contributed by atoms with E-state index in [9.17, 15) is 4.79 Å². The monoisotopic (exact) mass is 278 g/mol. The number of hydrazine groups is 1. The molecule has 1 aromatic rings. The first-order chi connectivity index (χ1) is 7.66. The molecule has 2 rings (SSSR count). The van der Waals surface area contributed by atoms with Gasteiger partial charge in [-0.2, -0.15) is 0 Å². The largest absolute Gasteiger partial charge is 0.295 e. The predicted molar refractivity (Wildman–Crippen MR) is 67.7 cm³/mol. The van der Waals surface area contributed by atoms with Crippen molar-refractivity contribution in [2.45, 2.75) is 6.42 Å². The maximum atomic E-state index is 11.0. The normalized spacial score (nSPS) is 14.9. The number of halogens is 1. The Balaban J connectivity index is 2.20.